The van der Waals surface area contributed by atoms with Crippen LogP contribution in [0.2, 0.25) is 0 Å². The average molecular weight is 211 g/mol. The van der Waals surface area contributed by atoms with E-state index in [9.17, 15) is 9.50 Å². The molecule has 0 aromatic heterocycles. The largest absolute Gasteiger partial charge is 1.00 e. The zero-order valence-corrected chi connectivity index (χ0v) is 11.4. The van der Waals surface area contributed by atoms with Crippen molar-refractivity contribution < 1.29 is 60.9 Å². The summed E-state index contributed by atoms with van der Waals surface area (Å²) in [5, 5.41) is 10.8. The molecule has 1 aliphatic heterocycles. The van der Waals surface area contributed by atoms with Crippen LogP contribution < -0.4 is 56.5 Å². The fraction of sp³-hybridized carbons (Fsp3) is 1.00. The molecule has 0 aromatic carbocycles. The summed E-state index contributed by atoms with van der Waals surface area (Å²) in [6.07, 6.45) is 2.13. The van der Waals surface area contributed by atoms with Gasteiger partial charge in [-0.1, -0.05) is 0 Å². The summed E-state index contributed by atoms with van der Waals surface area (Å²) in [4.78, 5) is 2.11. The zero-order chi connectivity index (χ0) is 8.60. The fourth-order valence-corrected chi connectivity index (χ4v) is 1.93. The molecule has 2 fully saturated rings. The Morgan fingerprint density at radius 3 is 2.54 bits per heavy atom. The van der Waals surface area contributed by atoms with Gasteiger partial charge in [0.15, 0.2) is 0 Å². The first-order valence-electron chi connectivity index (χ1n) is 4.69. The van der Waals surface area contributed by atoms with Gasteiger partial charge in [0.1, 0.15) is 6.17 Å². The third kappa shape index (κ3) is 3.23. The molecule has 0 N–H and O–H groups in total. The summed E-state index contributed by atoms with van der Waals surface area (Å²) in [6.45, 7) is 2.28. The van der Waals surface area contributed by atoms with E-state index >= 15 is 0 Å². The maximum atomic E-state index is 12.8. The summed E-state index contributed by atoms with van der Waals surface area (Å²) in [5.41, 5.74) is 0.0457. The van der Waals surface area contributed by atoms with Gasteiger partial charge in [-0.15, -0.1) is 6.61 Å². The van der Waals surface area contributed by atoms with Gasteiger partial charge >= 0.3 is 51.4 Å². The maximum Gasteiger partial charge on any atom is 1.00 e. The van der Waals surface area contributed by atoms with Crippen LogP contribution in [-0.2, 0) is 0 Å². The van der Waals surface area contributed by atoms with Crippen LogP contribution in [0.1, 0.15) is 19.3 Å². The minimum absolute atomic E-state index is 0. The second-order valence-corrected chi connectivity index (χ2v) is 4.27. The summed E-state index contributed by atoms with van der Waals surface area (Å²) in [7, 11) is 0. The number of alkyl halides is 1. The monoisotopic (exact) mass is 211 g/mol. The SMILES string of the molecule is [K+].[O-]CC1(CN2CCC(F)C2)CC1. The first kappa shape index (κ1) is 12.6. The third-order valence-corrected chi connectivity index (χ3v) is 3.04. The summed E-state index contributed by atoms with van der Waals surface area (Å²) in [5.74, 6) is 0. The van der Waals surface area contributed by atoms with Crippen LogP contribution >= 0.6 is 0 Å². The molecule has 0 bridgehead atoms. The molecule has 70 valence electrons. The predicted molar refractivity (Wildman–Crippen MR) is 42.5 cm³/mol. The topological polar surface area (TPSA) is 26.3 Å². The number of halogens is 1. The van der Waals surface area contributed by atoms with Crippen LogP contribution in [0.25, 0.3) is 0 Å². The molecule has 1 heterocycles. The molecule has 1 aliphatic carbocycles. The molecular formula is C9H15FKNO. The van der Waals surface area contributed by atoms with E-state index in [0.29, 0.717) is 13.0 Å². The second kappa shape index (κ2) is 5.01. The Hall–Kier alpha value is 1.49. The van der Waals surface area contributed by atoms with Crippen molar-refractivity contribution in [3.05, 3.63) is 0 Å². The van der Waals surface area contributed by atoms with E-state index in [4.69, 9.17) is 0 Å². The molecule has 1 saturated heterocycles. The Balaban J connectivity index is 0.000000845. The molecule has 0 spiro atoms. The number of hydrogen-bond acceptors (Lipinski definition) is 2. The normalized spacial score (nSPS) is 31.4. The van der Waals surface area contributed by atoms with Gasteiger partial charge in [0.25, 0.3) is 0 Å². The minimum Gasteiger partial charge on any atom is -0.854 e. The molecule has 1 unspecified atom stereocenters. The number of rotatable bonds is 3. The van der Waals surface area contributed by atoms with Crippen LogP contribution in [0.15, 0.2) is 0 Å². The molecule has 0 radical (unpaired) electrons. The molecular weight excluding hydrogens is 196 g/mol. The number of hydrogen-bond donors (Lipinski definition) is 0. The van der Waals surface area contributed by atoms with E-state index < -0.39 is 6.17 Å². The van der Waals surface area contributed by atoms with Crippen molar-refractivity contribution >= 4 is 0 Å². The van der Waals surface area contributed by atoms with Gasteiger partial charge in [-0.05, 0) is 24.7 Å². The minimum atomic E-state index is -0.646. The molecule has 4 heteroatoms. The molecule has 2 aliphatic rings. The fourth-order valence-electron chi connectivity index (χ4n) is 1.93. The van der Waals surface area contributed by atoms with Crippen molar-refractivity contribution in [2.24, 2.45) is 5.41 Å². The maximum absolute atomic E-state index is 12.8. The summed E-state index contributed by atoms with van der Waals surface area (Å²) >= 11 is 0. The average Bonchev–Trinajstić information content (AvgIpc) is 2.71. The van der Waals surface area contributed by atoms with Crippen LogP contribution in [0.4, 0.5) is 4.39 Å². The Kier molecular flexibility index (Phi) is 4.84. The first-order valence-corrected chi connectivity index (χ1v) is 4.69. The van der Waals surface area contributed by atoms with Crippen LogP contribution in [0.3, 0.4) is 0 Å². The molecule has 0 aromatic rings. The van der Waals surface area contributed by atoms with Gasteiger partial charge in [0, 0.05) is 19.6 Å². The Bertz CT molecular complexity index is 175. The van der Waals surface area contributed by atoms with Gasteiger partial charge in [-0.3, -0.25) is 4.90 Å². The predicted octanol–water partition coefficient (Wildman–Crippen LogP) is -2.83. The van der Waals surface area contributed by atoms with Crippen molar-refractivity contribution in [3.63, 3.8) is 0 Å². The molecule has 2 nitrogen and oxygen atoms in total. The number of nitrogens with zero attached hydrogens (tertiary/aromatic N) is 1. The third-order valence-electron chi connectivity index (χ3n) is 3.04. The summed E-state index contributed by atoms with van der Waals surface area (Å²) < 4.78 is 12.8. The van der Waals surface area contributed by atoms with Crippen LogP contribution in [-0.4, -0.2) is 37.3 Å². The quantitative estimate of drug-likeness (QED) is 0.471. The van der Waals surface area contributed by atoms with Crippen molar-refractivity contribution in [2.75, 3.05) is 26.2 Å². The van der Waals surface area contributed by atoms with Crippen molar-refractivity contribution in [2.45, 2.75) is 25.4 Å². The van der Waals surface area contributed by atoms with Crippen molar-refractivity contribution in [3.8, 4) is 0 Å². The molecule has 2 rings (SSSR count). The second-order valence-electron chi connectivity index (χ2n) is 4.27. The van der Waals surface area contributed by atoms with Crippen LogP contribution in [0, 0.1) is 5.41 Å². The summed E-state index contributed by atoms with van der Waals surface area (Å²) in [6, 6.07) is 0. The van der Waals surface area contributed by atoms with Gasteiger partial charge in [-0.25, -0.2) is 4.39 Å². The smallest absolute Gasteiger partial charge is 0.854 e. The molecule has 13 heavy (non-hydrogen) atoms. The standard InChI is InChI=1S/C9H15FNO.K/c10-8-1-4-11(5-8)6-9(7-12)2-3-9;/h8H,1-7H2;/q-1;+1. The van der Waals surface area contributed by atoms with E-state index in [2.05, 4.69) is 4.90 Å². The van der Waals surface area contributed by atoms with Crippen LogP contribution in [0.5, 0.6) is 0 Å². The van der Waals surface area contributed by atoms with E-state index in [-0.39, 0.29) is 63.4 Å². The Labute approximate surface area is 121 Å². The van der Waals surface area contributed by atoms with E-state index in [1.807, 2.05) is 0 Å². The molecule has 0 amide bonds. The van der Waals surface area contributed by atoms with E-state index in [1.54, 1.807) is 0 Å². The number of likely N-dealkylation sites (tertiary alicyclic amines) is 1. The first-order chi connectivity index (χ1) is 5.74. The van der Waals surface area contributed by atoms with Gasteiger partial charge in [0.05, 0.1) is 0 Å². The van der Waals surface area contributed by atoms with Gasteiger partial charge in [0.2, 0.25) is 0 Å². The molecule has 1 atom stereocenters. The van der Waals surface area contributed by atoms with Gasteiger partial charge in [-0.2, -0.15) is 0 Å². The van der Waals surface area contributed by atoms with E-state index in [0.717, 1.165) is 25.9 Å². The van der Waals surface area contributed by atoms with Crippen molar-refractivity contribution in [1.82, 2.24) is 4.90 Å². The molecule has 1 saturated carbocycles. The van der Waals surface area contributed by atoms with Gasteiger partial charge < -0.3 is 5.11 Å². The van der Waals surface area contributed by atoms with E-state index in [1.165, 1.54) is 0 Å². The Morgan fingerprint density at radius 1 is 1.46 bits per heavy atom. The van der Waals surface area contributed by atoms with Crippen molar-refractivity contribution in [1.29, 1.82) is 0 Å². The Morgan fingerprint density at radius 2 is 2.15 bits per heavy atom. The zero-order valence-electron chi connectivity index (χ0n) is 8.26.